The first-order valence-electron chi connectivity index (χ1n) is 12.6. The molecule has 3 aliphatic heterocycles. The van der Waals surface area contributed by atoms with E-state index in [2.05, 4.69) is 58.3 Å². The van der Waals surface area contributed by atoms with Crippen molar-refractivity contribution in [1.82, 2.24) is 9.80 Å². The van der Waals surface area contributed by atoms with Gasteiger partial charge >= 0.3 is 0 Å². The lowest BCUT2D eigenvalue weighted by atomic mass is 10.2. The molecule has 0 saturated heterocycles. The van der Waals surface area contributed by atoms with E-state index in [1.807, 2.05) is 23.5 Å². The molecule has 2 bridgehead atoms. The summed E-state index contributed by atoms with van der Waals surface area (Å²) in [5.41, 5.74) is 2.67. The average molecular weight is 538 g/mol. The third-order valence-electron chi connectivity index (χ3n) is 6.53. The van der Waals surface area contributed by atoms with Crippen LogP contribution in [0.1, 0.15) is 11.1 Å². The Morgan fingerprint density at radius 2 is 1.24 bits per heavy atom. The molecule has 0 radical (unpaired) electrons. The van der Waals surface area contributed by atoms with Crippen molar-refractivity contribution in [2.45, 2.75) is 22.9 Å². The predicted molar refractivity (Wildman–Crippen MR) is 149 cm³/mol. The van der Waals surface area contributed by atoms with Crippen LogP contribution in [0.4, 0.5) is 5.69 Å². The molecule has 3 aliphatic rings. The van der Waals surface area contributed by atoms with E-state index in [0.717, 1.165) is 44.2 Å². The molecule has 0 fully saturated rings. The van der Waals surface area contributed by atoms with Gasteiger partial charge in [-0.3, -0.25) is 19.9 Å². The maximum absolute atomic E-state index is 11.4. The molecule has 6 rings (SSSR count). The standard InChI is InChI=1S/C28H31N3O4S2/c32-31(33)24-9-10-25-26(19-24)35-16-12-30-14-18-37-27-7-3-1-5-22(27)20-29(11-15-34-25)13-17-36-28-8-4-2-6-23(28)21-30/h1-10,19H,11-18,20-21H2. The van der Waals surface area contributed by atoms with Crippen LogP contribution in [-0.2, 0) is 13.1 Å². The monoisotopic (exact) mass is 537 g/mol. The molecule has 7 nitrogen and oxygen atoms in total. The van der Waals surface area contributed by atoms with Crippen LogP contribution in [0.15, 0.2) is 76.5 Å². The van der Waals surface area contributed by atoms with E-state index in [4.69, 9.17) is 9.47 Å². The first-order chi connectivity index (χ1) is 18.2. The number of nitrogens with zero attached hydrogens (tertiary/aromatic N) is 3. The summed E-state index contributed by atoms with van der Waals surface area (Å²) in [6.45, 7) is 5.84. The Morgan fingerprint density at radius 3 is 1.81 bits per heavy atom. The van der Waals surface area contributed by atoms with Crippen molar-refractivity contribution in [2.24, 2.45) is 0 Å². The van der Waals surface area contributed by atoms with Crippen LogP contribution in [0.5, 0.6) is 11.5 Å². The molecule has 0 aliphatic carbocycles. The van der Waals surface area contributed by atoms with Gasteiger partial charge in [-0.05, 0) is 29.3 Å². The fourth-order valence-corrected chi connectivity index (χ4v) is 6.68. The number of fused-ring (bicyclic) bond motifs is 8. The minimum absolute atomic E-state index is 0.00333. The van der Waals surface area contributed by atoms with Gasteiger partial charge in [-0.1, -0.05) is 36.4 Å². The average Bonchev–Trinajstić information content (AvgIpc) is 2.90. The van der Waals surface area contributed by atoms with Gasteiger partial charge in [-0.15, -0.1) is 23.5 Å². The summed E-state index contributed by atoms with van der Waals surface area (Å²) in [6.07, 6.45) is 0. The van der Waals surface area contributed by atoms with Gasteiger partial charge in [0.15, 0.2) is 11.5 Å². The van der Waals surface area contributed by atoms with Crippen molar-refractivity contribution in [2.75, 3.05) is 50.9 Å². The van der Waals surface area contributed by atoms with E-state index >= 15 is 0 Å². The normalized spacial score (nSPS) is 20.9. The number of benzene rings is 3. The first kappa shape index (κ1) is 25.9. The molecule has 3 heterocycles. The summed E-state index contributed by atoms with van der Waals surface area (Å²) < 4.78 is 12.2. The topological polar surface area (TPSA) is 68.1 Å². The van der Waals surface area contributed by atoms with Crippen molar-refractivity contribution in [3.05, 3.63) is 88.0 Å². The zero-order chi connectivity index (χ0) is 25.5. The summed E-state index contributed by atoms with van der Waals surface area (Å²) in [6, 6.07) is 22.0. The molecule has 37 heavy (non-hydrogen) atoms. The van der Waals surface area contributed by atoms with Crippen LogP contribution in [0.3, 0.4) is 0 Å². The van der Waals surface area contributed by atoms with E-state index < -0.39 is 4.92 Å². The maximum Gasteiger partial charge on any atom is 0.273 e. The minimum Gasteiger partial charge on any atom is -0.488 e. The second-order valence-corrected chi connectivity index (χ2v) is 11.3. The van der Waals surface area contributed by atoms with Gasteiger partial charge in [0.1, 0.15) is 13.2 Å². The molecule has 3 aromatic carbocycles. The SMILES string of the molecule is O=[N+]([O-])c1ccc2c(c1)OCCN1CCSc3ccccc3CN(CCO2)CCSc2ccccc2C1. The molecule has 194 valence electrons. The Morgan fingerprint density at radius 1 is 0.703 bits per heavy atom. The molecule has 9 heteroatoms. The summed E-state index contributed by atoms with van der Waals surface area (Å²) >= 11 is 3.82. The van der Waals surface area contributed by atoms with Crippen LogP contribution in [0.25, 0.3) is 0 Å². The van der Waals surface area contributed by atoms with Gasteiger partial charge in [0.2, 0.25) is 0 Å². The minimum atomic E-state index is -0.397. The van der Waals surface area contributed by atoms with Crippen molar-refractivity contribution in [3.63, 3.8) is 0 Å². The van der Waals surface area contributed by atoms with Gasteiger partial charge in [0.25, 0.3) is 5.69 Å². The molecule has 0 amide bonds. The van der Waals surface area contributed by atoms with Crippen molar-refractivity contribution in [1.29, 1.82) is 0 Å². The van der Waals surface area contributed by atoms with E-state index in [1.54, 1.807) is 6.07 Å². The molecule has 3 aromatic rings. The highest BCUT2D eigenvalue weighted by Crippen LogP contribution is 2.32. The Bertz CT molecular complexity index is 1230. The number of rotatable bonds is 1. The van der Waals surface area contributed by atoms with Crippen LogP contribution >= 0.6 is 23.5 Å². The number of thioether (sulfide) groups is 2. The third-order valence-corrected chi connectivity index (χ3v) is 8.72. The summed E-state index contributed by atoms with van der Waals surface area (Å²) in [4.78, 5) is 18.5. The molecule has 0 saturated carbocycles. The second kappa shape index (κ2) is 12.7. The Kier molecular flexibility index (Phi) is 8.88. The van der Waals surface area contributed by atoms with Gasteiger partial charge in [-0.25, -0.2) is 0 Å². The molecule has 0 N–H and O–H groups in total. The van der Waals surface area contributed by atoms with Gasteiger partial charge < -0.3 is 9.47 Å². The zero-order valence-electron chi connectivity index (χ0n) is 20.7. The third kappa shape index (κ3) is 6.98. The highest BCUT2D eigenvalue weighted by molar-refractivity contribution is 7.99. The summed E-state index contributed by atoms with van der Waals surface area (Å²) in [5.74, 6) is 2.93. The molecular weight excluding hydrogens is 506 g/mol. The van der Waals surface area contributed by atoms with Crippen molar-refractivity contribution in [3.8, 4) is 11.5 Å². The molecular formula is C28H31N3O4S2. The largest absolute Gasteiger partial charge is 0.488 e. The fourth-order valence-electron chi connectivity index (χ4n) is 4.55. The van der Waals surface area contributed by atoms with Crippen LogP contribution < -0.4 is 9.47 Å². The number of ether oxygens (including phenoxy) is 2. The van der Waals surface area contributed by atoms with Gasteiger partial charge in [-0.2, -0.15) is 0 Å². The summed E-state index contributed by atoms with van der Waals surface area (Å²) in [7, 11) is 0. The van der Waals surface area contributed by atoms with Crippen molar-refractivity contribution < 1.29 is 14.4 Å². The molecule has 0 spiro atoms. The molecule has 2 unspecified atom stereocenters. The van der Waals surface area contributed by atoms with E-state index in [-0.39, 0.29) is 5.69 Å². The van der Waals surface area contributed by atoms with E-state index in [0.29, 0.717) is 31.3 Å². The first-order valence-corrected chi connectivity index (χ1v) is 14.5. The Balaban J connectivity index is 1.48. The quantitative estimate of drug-likeness (QED) is 0.295. The summed E-state index contributed by atoms with van der Waals surface area (Å²) in [5, 5.41) is 11.4. The van der Waals surface area contributed by atoms with E-state index in [9.17, 15) is 10.1 Å². The predicted octanol–water partition coefficient (Wildman–Crippen LogP) is 5.57. The highest BCUT2D eigenvalue weighted by atomic mass is 32.2. The smallest absolute Gasteiger partial charge is 0.273 e. The lowest BCUT2D eigenvalue weighted by Gasteiger charge is -2.27. The van der Waals surface area contributed by atoms with Crippen LogP contribution in [-0.4, -0.2) is 65.6 Å². The van der Waals surface area contributed by atoms with Gasteiger partial charge in [0, 0.05) is 66.6 Å². The number of nitro benzene ring substituents is 1. The molecule has 2 atom stereocenters. The lowest BCUT2D eigenvalue weighted by molar-refractivity contribution is -0.385. The van der Waals surface area contributed by atoms with E-state index in [1.165, 1.54) is 33.1 Å². The molecule has 0 aromatic heterocycles. The second-order valence-electron chi connectivity index (χ2n) is 9.05. The Hall–Kier alpha value is -2.72. The number of non-ortho nitro benzene ring substituents is 1. The fraction of sp³-hybridized carbons (Fsp3) is 0.357. The lowest BCUT2D eigenvalue weighted by Crippen LogP contribution is -2.32. The van der Waals surface area contributed by atoms with Crippen LogP contribution in [0, 0.1) is 10.1 Å². The number of nitro groups is 1. The van der Waals surface area contributed by atoms with Gasteiger partial charge in [0.05, 0.1) is 11.0 Å². The maximum atomic E-state index is 11.4. The zero-order valence-corrected chi connectivity index (χ0v) is 22.3. The number of hydrogen-bond acceptors (Lipinski definition) is 8. The Labute approximate surface area is 226 Å². The van der Waals surface area contributed by atoms with Crippen molar-refractivity contribution >= 4 is 29.2 Å². The van der Waals surface area contributed by atoms with Crippen LogP contribution in [0.2, 0.25) is 0 Å². The number of hydrogen-bond donors (Lipinski definition) is 0. The highest BCUT2D eigenvalue weighted by Gasteiger charge is 2.18.